The maximum atomic E-state index is 11.7. The SMILES string of the molecule is CC(Cn1ccnc1)NC(=O)[C@H](N)C(C)C. The molecule has 0 aliphatic carbocycles. The quantitative estimate of drug-likeness (QED) is 0.759. The van der Waals surface area contributed by atoms with Crippen LogP contribution in [-0.2, 0) is 11.3 Å². The molecule has 5 nitrogen and oxygen atoms in total. The van der Waals surface area contributed by atoms with E-state index in [0.29, 0.717) is 6.54 Å². The Bertz CT molecular complexity index is 321. The van der Waals surface area contributed by atoms with Crippen molar-refractivity contribution in [2.24, 2.45) is 11.7 Å². The number of nitrogens with one attached hydrogen (secondary N) is 1. The van der Waals surface area contributed by atoms with E-state index < -0.39 is 6.04 Å². The van der Waals surface area contributed by atoms with Crippen molar-refractivity contribution < 1.29 is 4.79 Å². The van der Waals surface area contributed by atoms with E-state index in [1.165, 1.54) is 0 Å². The predicted molar refractivity (Wildman–Crippen MR) is 62.6 cm³/mol. The lowest BCUT2D eigenvalue weighted by Gasteiger charge is -2.19. The molecule has 5 heteroatoms. The number of rotatable bonds is 5. The Morgan fingerprint density at radius 2 is 2.19 bits per heavy atom. The summed E-state index contributed by atoms with van der Waals surface area (Å²) in [6.45, 7) is 6.52. The number of carbonyl (C=O) groups is 1. The molecule has 1 unspecified atom stereocenters. The van der Waals surface area contributed by atoms with Crippen molar-refractivity contribution in [3.05, 3.63) is 18.7 Å². The fourth-order valence-corrected chi connectivity index (χ4v) is 1.40. The highest BCUT2D eigenvalue weighted by Gasteiger charge is 2.18. The highest BCUT2D eigenvalue weighted by atomic mass is 16.2. The molecule has 0 bridgehead atoms. The van der Waals surface area contributed by atoms with Crippen LogP contribution in [0.2, 0.25) is 0 Å². The molecule has 0 fully saturated rings. The molecule has 2 atom stereocenters. The highest BCUT2D eigenvalue weighted by Crippen LogP contribution is 1.99. The minimum absolute atomic E-state index is 0.0477. The monoisotopic (exact) mass is 224 g/mol. The van der Waals surface area contributed by atoms with Crippen LogP contribution in [-0.4, -0.2) is 27.5 Å². The summed E-state index contributed by atoms with van der Waals surface area (Å²) in [5.41, 5.74) is 5.75. The summed E-state index contributed by atoms with van der Waals surface area (Å²) in [4.78, 5) is 15.6. The Morgan fingerprint density at radius 1 is 1.50 bits per heavy atom. The van der Waals surface area contributed by atoms with E-state index in [-0.39, 0.29) is 17.9 Å². The van der Waals surface area contributed by atoms with Crippen LogP contribution in [0.5, 0.6) is 0 Å². The third-order valence-electron chi connectivity index (χ3n) is 2.45. The van der Waals surface area contributed by atoms with E-state index in [0.717, 1.165) is 0 Å². The number of nitrogens with zero attached hydrogens (tertiary/aromatic N) is 2. The van der Waals surface area contributed by atoms with Crippen LogP contribution >= 0.6 is 0 Å². The number of imidazole rings is 1. The van der Waals surface area contributed by atoms with E-state index in [1.807, 2.05) is 31.5 Å². The third-order valence-corrected chi connectivity index (χ3v) is 2.45. The molecule has 1 heterocycles. The zero-order valence-corrected chi connectivity index (χ0v) is 10.1. The van der Waals surface area contributed by atoms with Crippen molar-refractivity contribution >= 4 is 5.91 Å². The molecule has 1 aromatic heterocycles. The molecular weight excluding hydrogens is 204 g/mol. The molecule has 1 rings (SSSR count). The van der Waals surface area contributed by atoms with Crippen LogP contribution in [0, 0.1) is 5.92 Å². The van der Waals surface area contributed by atoms with Gasteiger partial charge in [0.15, 0.2) is 0 Å². The van der Waals surface area contributed by atoms with Crippen LogP contribution in [0.25, 0.3) is 0 Å². The van der Waals surface area contributed by atoms with Gasteiger partial charge < -0.3 is 15.6 Å². The second-order valence-electron chi connectivity index (χ2n) is 4.44. The van der Waals surface area contributed by atoms with E-state index in [2.05, 4.69) is 10.3 Å². The van der Waals surface area contributed by atoms with Crippen molar-refractivity contribution in [2.45, 2.75) is 39.4 Å². The number of hydrogen-bond acceptors (Lipinski definition) is 3. The first-order valence-electron chi connectivity index (χ1n) is 5.52. The number of carbonyl (C=O) groups excluding carboxylic acids is 1. The highest BCUT2D eigenvalue weighted by molar-refractivity contribution is 5.81. The lowest BCUT2D eigenvalue weighted by atomic mass is 10.0. The summed E-state index contributed by atoms with van der Waals surface area (Å²) in [7, 11) is 0. The number of hydrogen-bond donors (Lipinski definition) is 2. The molecule has 0 spiro atoms. The summed E-state index contributed by atoms with van der Waals surface area (Å²) in [6, 6.07) is -0.392. The molecule has 90 valence electrons. The summed E-state index contributed by atoms with van der Waals surface area (Å²) in [5, 5.41) is 2.89. The molecule has 0 aliphatic rings. The van der Waals surface area contributed by atoms with Gasteiger partial charge in [-0.1, -0.05) is 13.8 Å². The van der Waals surface area contributed by atoms with Gasteiger partial charge in [0.2, 0.25) is 5.91 Å². The summed E-state index contributed by atoms with van der Waals surface area (Å²) in [6.07, 6.45) is 5.31. The second-order valence-corrected chi connectivity index (χ2v) is 4.44. The fraction of sp³-hybridized carbons (Fsp3) is 0.636. The van der Waals surface area contributed by atoms with Gasteiger partial charge in [0.25, 0.3) is 0 Å². The Kier molecular flexibility index (Phi) is 4.49. The topological polar surface area (TPSA) is 72.9 Å². The van der Waals surface area contributed by atoms with Gasteiger partial charge in [0.1, 0.15) is 0 Å². The van der Waals surface area contributed by atoms with Gasteiger partial charge in [-0.2, -0.15) is 0 Å². The maximum Gasteiger partial charge on any atom is 0.237 e. The van der Waals surface area contributed by atoms with Gasteiger partial charge >= 0.3 is 0 Å². The van der Waals surface area contributed by atoms with Crippen molar-refractivity contribution in [1.82, 2.24) is 14.9 Å². The molecule has 16 heavy (non-hydrogen) atoms. The van der Waals surface area contributed by atoms with Crippen molar-refractivity contribution in [3.63, 3.8) is 0 Å². The number of amides is 1. The maximum absolute atomic E-state index is 11.7. The van der Waals surface area contributed by atoms with Gasteiger partial charge in [0, 0.05) is 25.0 Å². The molecule has 3 N–H and O–H groups in total. The standard InChI is InChI=1S/C11H20N4O/c1-8(2)10(12)11(16)14-9(3)6-15-5-4-13-7-15/h4-5,7-10H,6,12H2,1-3H3,(H,14,16)/t9?,10-/m1/s1. The molecule has 0 radical (unpaired) electrons. The third kappa shape index (κ3) is 3.66. The predicted octanol–water partition coefficient (Wildman–Crippen LogP) is 0.371. The largest absolute Gasteiger partial charge is 0.350 e. The number of nitrogens with two attached hydrogens (primary N) is 1. The lowest BCUT2D eigenvalue weighted by Crippen LogP contribution is -2.47. The van der Waals surface area contributed by atoms with Crippen LogP contribution in [0.3, 0.4) is 0 Å². The Hall–Kier alpha value is -1.36. The summed E-state index contributed by atoms with van der Waals surface area (Å²) >= 11 is 0. The van der Waals surface area contributed by atoms with Gasteiger partial charge in [0.05, 0.1) is 12.4 Å². The fourth-order valence-electron chi connectivity index (χ4n) is 1.40. The zero-order chi connectivity index (χ0) is 12.1. The second kappa shape index (κ2) is 5.65. The normalized spacial score (nSPS) is 14.8. The molecule has 1 aromatic rings. The smallest absolute Gasteiger partial charge is 0.237 e. The van der Waals surface area contributed by atoms with Crippen molar-refractivity contribution in [2.75, 3.05) is 0 Å². The van der Waals surface area contributed by atoms with Crippen LogP contribution in [0.4, 0.5) is 0 Å². The lowest BCUT2D eigenvalue weighted by molar-refractivity contribution is -0.123. The first-order chi connectivity index (χ1) is 7.50. The molecular formula is C11H20N4O. The first kappa shape index (κ1) is 12.7. The van der Waals surface area contributed by atoms with E-state index in [1.54, 1.807) is 12.5 Å². The van der Waals surface area contributed by atoms with Crippen molar-refractivity contribution in [1.29, 1.82) is 0 Å². The molecule has 0 aliphatic heterocycles. The van der Waals surface area contributed by atoms with Gasteiger partial charge in [-0.05, 0) is 12.8 Å². The number of aromatic nitrogens is 2. The van der Waals surface area contributed by atoms with E-state index >= 15 is 0 Å². The van der Waals surface area contributed by atoms with Crippen LogP contribution in [0.1, 0.15) is 20.8 Å². The average Bonchev–Trinajstić information content (AvgIpc) is 2.68. The van der Waals surface area contributed by atoms with Crippen LogP contribution in [0.15, 0.2) is 18.7 Å². The molecule has 0 saturated heterocycles. The van der Waals surface area contributed by atoms with Gasteiger partial charge in [-0.25, -0.2) is 4.98 Å². The minimum Gasteiger partial charge on any atom is -0.350 e. The summed E-state index contributed by atoms with van der Waals surface area (Å²) < 4.78 is 1.92. The van der Waals surface area contributed by atoms with Crippen LogP contribution < -0.4 is 11.1 Å². The van der Waals surface area contributed by atoms with Gasteiger partial charge in [-0.3, -0.25) is 4.79 Å². The van der Waals surface area contributed by atoms with Gasteiger partial charge in [-0.15, -0.1) is 0 Å². The molecule has 0 saturated carbocycles. The average molecular weight is 224 g/mol. The Balaban J connectivity index is 2.39. The zero-order valence-electron chi connectivity index (χ0n) is 10.1. The van der Waals surface area contributed by atoms with Crippen molar-refractivity contribution in [3.8, 4) is 0 Å². The Morgan fingerprint density at radius 3 is 2.69 bits per heavy atom. The van der Waals surface area contributed by atoms with E-state index in [4.69, 9.17) is 5.73 Å². The Labute approximate surface area is 96.0 Å². The molecule has 1 amide bonds. The minimum atomic E-state index is -0.440. The van der Waals surface area contributed by atoms with E-state index in [9.17, 15) is 4.79 Å². The molecule has 0 aromatic carbocycles. The first-order valence-corrected chi connectivity index (χ1v) is 5.52. The summed E-state index contributed by atoms with van der Waals surface area (Å²) in [5.74, 6) is 0.0584.